The number of ether oxygens (including phenoxy) is 1. The first kappa shape index (κ1) is 16.6. The van der Waals surface area contributed by atoms with Crippen LogP contribution >= 0.6 is 0 Å². The standard InChI is InChI=1S/C19H16N2O4/c1-2-24-25-18-9-5-15(6-10-18)19-20-11-16(12-21-19)14-3-7-17(8-4-14)23-13-22/h3-13H,2H2,1H3. The Morgan fingerprint density at radius 1 is 0.840 bits per heavy atom. The molecule has 0 bridgehead atoms. The number of carbonyl (C=O) groups is 1. The zero-order valence-corrected chi connectivity index (χ0v) is 13.6. The van der Waals surface area contributed by atoms with E-state index in [0.29, 0.717) is 30.4 Å². The molecular formula is C19H16N2O4. The first-order valence-corrected chi connectivity index (χ1v) is 7.73. The van der Waals surface area contributed by atoms with Crippen LogP contribution in [0.1, 0.15) is 6.92 Å². The number of carbonyl (C=O) groups excluding carboxylic acids is 1. The number of hydrogen-bond acceptors (Lipinski definition) is 6. The molecule has 1 aromatic heterocycles. The maximum Gasteiger partial charge on any atom is 0.298 e. The van der Waals surface area contributed by atoms with Crippen molar-refractivity contribution in [3.8, 4) is 34.0 Å². The van der Waals surface area contributed by atoms with Crippen molar-refractivity contribution < 1.29 is 19.3 Å². The molecule has 3 aromatic rings. The Morgan fingerprint density at radius 2 is 1.44 bits per heavy atom. The van der Waals surface area contributed by atoms with Gasteiger partial charge in [-0.15, -0.1) is 0 Å². The van der Waals surface area contributed by atoms with Gasteiger partial charge >= 0.3 is 0 Å². The Bertz CT molecular complexity index is 816. The second kappa shape index (κ2) is 8.03. The molecule has 0 saturated heterocycles. The van der Waals surface area contributed by atoms with Gasteiger partial charge in [0, 0.05) is 23.5 Å². The SMILES string of the molecule is CCOOc1ccc(-c2ncc(-c3ccc(OC=O)cc3)cn2)cc1. The molecule has 0 fully saturated rings. The predicted molar refractivity (Wildman–Crippen MR) is 91.9 cm³/mol. The number of aromatic nitrogens is 2. The van der Waals surface area contributed by atoms with E-state index >= 15 is 0 Å². The zero-order chi connectivity index (χ0) is 17.5. The molecule has 3 rings (SSSR count). The summed E-state index contributed by atoms with van der Waals surface area (Å²) in [5.74, 6) is 1.73. The third-order valence-corrected chi connectivity index (χ3v) is 3.41. The average molecular weight is 336 g/mol. The van der Waals surface area contributed by atoms with E-state index < -0.39 is 0 Å². The summed E-state index contributed by atoms with van der Waals surface area (Å²) in [6, 6.07) is 14.5. The van der Waals surface area contributed by atoms with Crippen molar-refractivity contribution in [3.05, 3.63) is 60.9 Å². The summed E-state index contributed by atoms with van der Waals surface area (Å²) < 4.78 is 4.78. The Kier molecular flexibility index (Phi) is 5.33. The second-order valence-corrected chi connectivity index (χ2v) is 5.05. The van der Waals surface area contributed by atoms with Gasteiger partial charge in [0.2, 0.25) is 0 Å². The molecular weight excluding hydrogens is 320 g/mol. The quantitative estimate of drug-likeness (QED) is 0.372. The van der Waals surface area contributed by atoms with Crippen LogP contribution in [0.2, 0.25) is 0 Å². The first-order valence-electron chi connectivity index (χ1n) is 7.73. The van der Waals surface area contributed by atoms with Crippen LogP contribution < -0.4 is 9.62 Å². The van der Waals surface area contributed by atoms with Crippen LogP contribution in [0.15, 0.2) is 60.9 Å². The highest BCUT2D eigenvalue weighted by atomic mass is 17.2. The molecule has 25 heavy (non-hydrogen) atoms. The smallest absolute Gasteiger partial charge is 0.298 e. The van der Waals surface area contributed by atoms with Crippen LogP contribution in [0.4, 0.5) is 0 Å². The van der Waals surface area contributed by atoms with Crippen molar-refractivity contribution in [2.24, 2.45) is 0 Å². The van der Waals surface area contributed by atoms with Crippen LogP contribution in [-0.4, -0.2) is 23.0 Å². The summed E-state index contributed by atoms with van der Waals surface area (Å²) in [6.07, 6.45) is 3.51. The molecule has 126 valence electrons. The van der Waals surface area contributed by atoms with Gasteiger partial charge in [0.05, 0.1) is 6.61 Å². The van der Waals surface area contributed by atoms with Gasteiger partial charge in [-0.05, 0) is 48.9 Å². The number of nitrogens with zero attached hydrogens (tertiary/aromatic N) is 2. The molecule has 0 N–H and O–H groups in total. The fourth-order valence-electron chi connectivity index (χ4n) is 2.19. The monoisotopic (exact) mass is 336 g/mol. The molecule has 0 saturated carbocycles. The van der Waals surface area contributed by atoms with E-state index in [0.717, 1.165) is 16.7 Å². The fraction of sp³-hybridized carbons (Fsp3) is 0.105. The lowest BCUT2D eigenvalue weighted by atomic mass is 10.1. The van der Waals surface area contributed by atoms with E-state index in [1.165, 1.54) is 0 Å². The van der Waals surface area contributed by atoms with E-state index in [-0.39, 0.29) is 0 Å². The van der Waals surface area contributed by atoms with Gasteiger partial charge in [-0.25, -0.2) is 9.97 Å². The summed E-state index contributed by atoms with van der Waals surface area (Å²) in [7, 11) is 0. The minimum absolute atomic E-state index is 0.400. The Balaban J connectivity index is 1.74. The van der Waals surface area contributed by atoms with Crippen molar-refractivity contribution in [3.63, 3.8) is 0 Å². The van der Waals surface area contributed by atoms with Crippen LogP contribution in [0.25, 0.3) is 22.5 Å². The van der Waals surface area contributed by atoms with Gasteiger partial charge in [0.1, 0.15) is 5.75 Å². The molecule has 0 spiro atoms. The molecule has 2 aromatic carbocycles. The Morgan fingerprint density at radius 3 is 2.04 bits per heavy atom. The van der Waals surface area contributed by atoms with Crippen LogP contribution in [0.3, 0.4) is 0 Å². The number of hydrogen-bond donors (Lipinski definition) is 0. The van der Waals surface area contributed by atoms with E-state index in [1.54, 1.807) is 36.7 Å². The van der Waals surface area contributed by atoms with Crippen LogP contribution in [0.5, 0.6) is 11.5 Å². The molecule has 0 amide bonds. The summed E-state index contributed by atoms with van der Waals surface area (Å²) in [4.78, 5) is 29.1. The fourth-order valence-corrected chi connectivity index (χ4v) is 2.19. The number of rotatable bonds is 7. The molecule has 0 atom stereocenters. The highest BCUT2D eigenvalue weighted by molar-refractivity contribution is 5.65. The van der Waals surface area contributed by atoms with Gasteiger partial charge in [0.25, 0.3) is 6.47 Å². The molecule has 0 unspecified atom stereocenters. The zero-order valence-electron chi connectivity index (χ0n) is 13.6. The van der Waals surface area contributed by atoms with E-state index in [9.17, 15) is 4.79 Å². The average Bonchev–Trinajstić information content (AvgIpc) is 2.68. The highest BCUT2D eigenvalue weighted by Gasteiger charge is 2.05. The van der Waals surface area contributed by atoms with Crippen molar-refractivity contribution >= 4 is 6.47 Å². The topological polar surface area (TPSA) is 70.5 Å². The van der Waals surface area contributed by atoms with Gasteiger partial charge < -0.3 is 9.62 Å². The van der Waals surface area contributed by atoms with Gasteiger partial charge in [-0.3, -0.25) is 4.79 Å². The molecule has 0 aliphatic carbocycles. The summed E-state index contributed by atoms with van der Waals surface area (Å²) >= 11 is 0. The maximum atomic E-state index is 10.3. The van der Waals surface area contributed by atoms with Crippen molar-refractivity contribution in [1.29, 1.82) is 0 Å². The summed E-state index contributed by atoms with van der Waals surface area (Å²) in [5, 5.41) is 0. The molecule has 1 heterocycles. The normalized spacial score (nSPS) is 10.3. The van der Waals surface area contributed by atoms with Crippen LogP contribution in [0, 0.1) is 0 Å². The molecule has 6 nitrogen and oxygen atoms in total. The summed E-state index contributed by atoms with van der Waals surface area (Å²) in [6.45, 7) is 2.73. The lowest BCUT2D eigenvalue weighted by molar-refractivity contribution is -0.202. The second-order valence-electron chi connectivity index (χ2n) is 5.05. The molecule has 0 radical (unpaired) electrons. The van der Waals surface area contributed by atoms with Gasteiger partial charge in [-0.2, -0.15) is 4.89 Å². The lowest BCUT2D eigenvalue weighted by Crippen LogP contribution is -1.95. The van der Waals surface area contributed by atoms with Gasteiger partial charge in [-0.1, -0.05) is 12.1 Å². The van der Waals surface area contributed by atoms with E-state index in [1.807, 2.05) is 31.2 Å². The number of benzene rings is 2. The Labute approximate surface area is 145 Å². The van der Waals surface area contributed by atoms with Crippen molar-refractivity contribution in [1.82, 2.24) is 9.97 Å². The first-order chi connectivity index (χ1) is 12.3. The van der Waals surface area contributed by atoms with Gasteiger partial charge in [0.15, 0.2) is 11.6 Å². The largest absolute Gasteiger partial charge is 0.429 e. The minimum Gasteiger partial charge on any atom is -0.429 e. The third kappa shape index (κ3) is 4.19. The van der Waals surface area contributed by atoms with Crippen molar-refractivity contribution in [2.75, 3.05) is 6.61 Å². The molecule has 0 aliphatic rings. The minimum atomic E-state index is 0.400. The van der Waals surface area contributed by atoms with Crippen molar-refractivity contribution in [2.45, 2.75) is 6.92 Å². The van der Waals surface area contributed by atoms with E-state index in [4.69, 9.17) is 14.5 Å². The van der Waals surface area contributed by atoms with E-state index in [2.05, 4.69) is 9.97 Å². The molecule has 0 aliphatic heterocycles. The summed E-state index contributed by atoms with van der Waals surface area (Å²) in [5.41, 5.74) is 2.69. The van der Waals surface area contributed by atoms with Crippen LogP contribution in [-0.2, 0) is 9.68 Å². The lowest BCUT2D eigenvalue weighted by Gasteiger charge is -2.06. The molecule has 6 heteroatoms. The Hall–Kier alpha value is -3.25. The third-order valence-electron chi connectivity index (χ3n) is 3.41. The maximum absolute atomic E-state index is 10.3. The predicted octanol–water partition coefficient (Wildman–Crippen LogP) is 3.68. The highest BCUT2D eigenvalue weighted by Crippen LogP contribution is 2.24.